The zero-order valence-corrected chi connectivity index (χ0v) is 13.6. The van der Waals surface area contributed by atoms with Crippen molar-refractivity contribution >= 4 is 11.9 Å². The van der Waals surface area contributed by atoms with Gasteiger partial charge in [0.25, 0.3) is 0 Å². The second-order valence-corrected chi connectivity index (χ2v) is 4.98. The molecule has 0 aliphatic rings. The Bertz CT molecular complexity index is 205. The molecule has 0 fully saturated rings. The Balaban J connectivity index is -0.000000340. The largest absolute Gasteiger partial charge is 2.00 e. The zero-order valence-electron chi connectivity index (χ0n) is 11.2. The van der Waals surface area contributed by atoms with Crippen molar-refractivity contribution in [3.8, 4) is 0 Å². The van der Waals surface area contributed by atoms with Crippen molar-refractivity contribution in [3.63, 3.8) is 0 Å². The Kier molecular flexibility index (Phi) is 15.9. The van der Waals surface area contributed by atoms with E-state index in [0.29, 0.717) is 5.41 Å². The van der Waals surface area contributed by atoms with Gasteiger partial charge in [-0.15, -0.1) is 0 Å². The SMILES string of the molecule is CC(=O)[O-].CC(C)(C)CCCCCC(=O)[O-].[Zr+2]. The van der Waals surface area contributed by atoms with E-state index in [1.54, 1.807) is 0 Å². The van der Waals surface area contributed by atoms with Crippen LogP contribution in [0.4, 0.5) is 0 Å². The van der Waals surface area contributed by atoms with Crippen molar-refractivity contribution in [3.05, 3.63) is 0 Å². The molecule has 0 amide bonds. The van der Waals surface area contributed by atoms with Gasteiger partial charge < -0.3 is 19.8 Å². The Morgan fingerprint density at radius 1 is 1.00 bits per heavy atom. The van der Waals surface area contributed by atoms with Crippen molar-refractivity contribution in [2.45, 2.75) is 59.8 Å². The maximum atomic E-state index is 10.0. The smallest absolute Gasteiger partial charge is 0.550 e. The summed E-state index contributed by atoms with van der Waals surface area (Å²) in [6.45, 7) is 7.57. The van der Waals surface area contributed by atoms with Gasteiger partial charge in [-0.25, -0.2) is 0 Å². The molecule has 0 spiro atoms. The molecule has 0 aromatic carbocycles. The summed E-state index contributed by atoms with van der Waals surface area (Å²) in [5, 5.41) is 18.9. The van der Waals surface area contributed by atoms with Crippen LogP contribution >= 0.6 is 0 Å². The van der Waals surface area contributed by atoms with E-state index >= 15 is 0 Å². The van der Waals surface area contributed by atoms with E-state index in [4.69, 9.17) is 9.90 Å². The van der Waals surface area contributed by atoms with Crippen LogP contribution in [0.1, 0.15) is 59.8 Å². The third kappa shape index (κ3) is 38.8. The minimum atomic E-state index is -1.08. The molecule has 0 radical (unpaired) electrons. The fourth-order valence-electron chi connectivity index (χ4n) is 1.10. The summed E-state index contributed by atoms with van der Waals surface area (Å²) >= 11 is 0. The molecule has 0 saturated carbocycles. The van der Waals surface area contributed by atoms with E-state index in [2.05, 4.69) is 20.8 Å². The van der Waals surface area contributed by atoms with Crippen LogP contribution in [0.25, 0.3) is 0 Å². The number of carbonyl (C=O) groups excluding carboxylic acids is 2. The molecule has 0 unspecified atom stereocenters. The summed E-state index contributed by atoms with van der Waals surface area (Å²) in [6, 6.07) is 0. The van der Waals surface area contributed by atoms with Gasteiger partial charge in [0.2, 0.25) is 0 Å². The van der Waals surface area contributed by atoms with Crippen molar-refractivity contribution in [2.75, 3.05) is 0 Å². The van der Waals surface area contributed by atoms with Gasteiger partial charge >= 0.3 is 26.2 Å². The first-order valence-electron chi connectivity index (χ1n) is 5.52. The molecule has 0 bridgehead atoms. The summed E-state index contributed by atoms with van der Waals surface area (Å²) in [7, 11) is 0. The maximum Gasteiger partial charge on any atom is 2.00 e. The first kappa shape index (κ1) is 22.0. The third-order valence-corrected chi connectivity index (χ3v) is 1.81. The second-order valence-electron chi connectivity index (χ2n) is 4.98. The molecule has 0 rings (SSSR count). The topological polar surface area (TPSA) is 80.3 Å². The van der Waals surface area contributed by atoms with Crippen LogP contribution in [-0.4, -0.2) is 11.9 Å². The molecule has 0 saturated heterocycles. The molecule has 0 aromatic rings. The predicted molar refractivity (Wildman–Crippen MR) is 58.2 cm³/mol. The van der Waals surface area contributed by atoms with Gasteiger partial charge in [-0.05, 0) is 31.6 Å². The Hall–Kier alpha value is -0.177. The standard InChI is InChI=1S/C10H20O2.C2H4O2.Zr/c1-10(2,3)8-6-4-5-7-9(11)12;1-2(3)4;/h4-8H2,1-3H3,(H,11,12);1H3,(H,3,4);/q;;+2/p-2. The Morgan fingerprint density at radius 2 is 1.41 bits per heavy atom. The van der Waals surface area contributed by atoms with Crippen LogP contribution in [-0.2, 0) is 35.8 Å². The molecule has 4 nitrogen and oxygen atoms in total. The van der Waals surface area contributed by atoms with Crippen LogP contribution < -0.4 is 10.2 Å². The van der Waals surface area contributed by atoms with Gasteiger partial charge in [0.05, 0.1) is 0 Å². The first-order valence-corrected chi connectivity index (χ1v) is 5.52. The summed E-state index contributed by atoms with van der Waals surface area (Å²) < 4.78 is 0. The van der Waals surface area contributed by atoms with Crippen LogP contribution in [0.2, 0.25) is 0 Å². The number of hydrogen-bond donors (Lipinski definition) is 0. The molecule has 0 N–H and O–H groups in total. The minimum absolute atomic E-state index is 0. The molecule has 98 valence electrons. The summed E-state index contributed by atoms with van der Waals surface area (Å²) in [5.41, 5.74) is 0.376. The summed E-state index contributed by atoms with van der Waals surface area (Å²) in [5.74, 6) is -2.01. The van der Waals surface area contributed by atoms with E-state index in [1.165, 1.54) is 6.42 Å². The van der Waals surface area contributed by atoms with Crippen molar-refractivity contribution in [2.24, 2.45) is 5.41 Å². The monoisotopic (exact) mass is 320 g/mol. The van der Waals surface area contributed by atoms with E-state index in [9.17, 15) is 9.90 Å². The first-order chi connectivity index (χ1) is 7.15. The van der Waals surface area contributed by atoms with Gasteiger partial charge in [-0.3, -0.25) is 0 Å². The van der Waals surface area contributed by atoms with E-state index in [0.717, 1.165) is 26.2 Å². The fourth-order valence-corrected chi connectivity index (χ4v) is 1.10. The average Bonchev–Trinajstić information content (AvgIpc) is 1.99. The predicted octanol–water partition coefficient (Wildman–Crippen LogP) is 0.487. The molecule has 0 aromatic heterocycles. The molecule has 0 heterocycles. The van der Waals surface area contributed by atoms with Gasteiger partial charge in [-0.2, -0.15) is 0 Å². The van der Waals surface area contributed by atoms with E-state index in [1.807, 2.05) is 0 Å². The normalized spacial score (nSPS) is 9.65. The van der Waals surface area contributed by atoms with Crippen LogP contribution in [0.5, 0.6) is 0 Å². The molecule has 0 aliphatic carbocycles. The second kappa shape index (κ2) is 12.3. The fraction of sp³-hybridized carbons (Fsp3) is 0.833. The van der Waals surface area contributed by atoms with Gasteiger partial charge in [0.15, 0.2) is 0 Å². The number of aliphatic carboxylic acids is 2. The van der Waals surface area contributed by atoms with Crippen LogP contribution in [0.15, 0.2) is 0 Å². The van der Waals surface area contributed by atoms with Gasteiger partial charge in [0, 0.05) is 11.9 Å². The maximum absolute atomic E-state index is 10.0. The summed E-state index contributed by atoms with van der Waals surface area (Å²) in [4.78, 5) is 18.9. The summed E-state index contributed by atoms with van der Waals surface area (Å²) in [6.07, 6.45) is 4.27. The third-order valence-electron chi connectivity index (χ3n) is 1.81. The molecule has 5 heteroatoms. The number of carboxylic acids is 2. The average molecular weight is 322 g/mol. The zero-order chi connectivity index (χ0) is 13.2. The van der Waals surface area contributed by atoms with Crippen LogP contribution in [0.3, 0.4) is 0 Å². The molecule has 0 atom stereocenters. The number of rotatable bonds is 5. The molecule has 17 heavy (non-hydrogen) atoms. The minimum Gasteiger partial charge on any atom is -0.550 e. The van der Waals surface area contributed by atoms with Crippen molar-refractivity contribution in [1.29, 1.82) is 0 Å². The quantitative estimate of drug-likeness (QED) is 0.690. The number of carbonyl (C=O) groups is 2. The van der Waals surface area contributed by atoms with E-state index < -0.39 is 11.9 Å². The Labute approximate surface area is 123 Å². The number of unbranched alkanes of at least 4 members (excludes halogenated alkanes) is 2. The molecular weight excluding hydrogens is 299 g/mol. The van der Waals surface area contributed by atoms with Gasteiger partial charge in [-0.1, -0.05) is 33.6 Å². The van der Waals surface area contributed by atoms with Crippen LogP contribution in [0, 0.1) is 5.41 Å². The number of hydrogen-bond acceptors (Lipinski definition) is 4. The Morgan fingerprint density at radius 3 is 1.71 bits per heavy atom. The van der Waals surface area contributed by atoms with Gasteiger partial charge in [0.1, 0.15) is 0 Å². The van der Waals surface area contributed by atoms with Crippen molar-refractivity contribution in [1.82, 2.24) is 0 Å². The van der Waals surface area contributed by atoms with E-state index in [-0.39, 0.29) is 32.6 Å². The molecule has 0 aliphatic heterocycles. The molecular formula is C12H22O4Zr. The van der Waals surface area contributed by atoms with Crippen molar-refractivity contribution < 1.29 is 46.0 Å². The number of carboxylic acid groups (broad SMARTS) is 2.